The van der Waals surface area contributed by atoms with Crippen molar-refractivity contribution in [1.29, 1.82) is 0 Å². The molecule has 1 fully saturated rings. The molecule has 2 heterocycles. The Morgan fingerprint density at radius 2 is 1.82 bits per heavy atom. The van der Waals surface area contributed by atoms with E-state index in [1.54, 1.807) is 26.0 Å². The highest BCUT2D eigenvalue weighted by molar-refractivity contribution is 8.00. The second kappa shape index (κ2) is 11.9. The monoisotopic (exact) mass is 501 g/mol. The van der Waals surface area contributed by atoms with Crippen molar-refractivity contribution >= 4 is 44.4 Å². The van der Waals surface area contributed by atoms with Crippen molar-refractivity contribution in [3.8, 4) is 11.5 Å². The van der Waals surface area contributed by atoms with E-state index in [1.807, 2.05) is 17.0 Å². The quantitative estimate of drug-likeness (QED) is 0.380. The van der Waals surface area contributed by atoms with Crippen LogP contribution in [0.4, 0.5) is 5.13 Å². The SMILES string of the molecule is COc1ccc(OC)c2sc(N(CCCN3CCOCC3)C(=O)CSc3ccc(C)cc3)nc12. The van der Waals surface area contributed by atoms with Gasteiger partial charge in [-0.2, -0.15) is 0 Å². The summed E-state index contributed by atoms with van der Waals surface area (Å²) in [6, 6.07) is 12.0. The van der Waals surface area contributed by atoms with Gasteiger partial charge in [-0.15, -0.1) is 11.8 Å². The third-order valence-corrected chi connectivity index (χ3v) is 7.86. The molecule has 0 atom stereocenters. The number of benzene rings is 2. The van der Waals surface area contributed by atoms with Crippen LogP contribution in [0, 0.1) is 6.92 Å². The Balaban J connectivity index is 1.54. The first-order valence-electron chi connectivity index (χ1n) is 11.4. The standard InChI is InChI=1S/C25H31N3O4S2/c1-18-5-7-19(8-6-18)33-17-22(29)28(12-4-11-27-13-15-32-16-14-27)25-26-23-20(30-2)9-10-21(31-3)24(23)34-25/h5-10H,4,11-17H2,1-3H3. The maximum atomic E-state index is 13.4. The molecule has 182 valence electrons. The van der Waals surface area contributed by atoms with Crippen LogP contribution < -0.4 is 14.4 Å². The van der Waals surface area contributed by atoms with Crippen molar-refractivity contribution in [2.45, 2.75) is 18.2 Å². The second-order valence-electron chi connectivity index (χ2n) is 8.10. The van der Waals surface area contributed by atoms with Gasteiger partial charge in [0.1, 0.15) is 21.7 Å². The molecule has 2 aromatic carbocycles. The Morgan fingerprint density at radius 1 is 1.12 bits per heavy atom. The summed E-state index contributed by atoms with van der Waals surface area (Å²) in [6.45, 7) is 7.01. The Kier molecular flexibility index (Phi) is 8.66. The minimum absolute atomic E-state index is 0.0459. The van der Waals surface area contributed by atoms with E-state index in [0.29, 0.717) is 23.2 Å². The lowest BCUT2D eigenvalue weighted by atomic mass is 10.2. The summed E-state index contributed by atoms with van der Waals surface area (Å²) in [6.07, 6.45) is 0.866. The van der Waals surface area contributed by atoms with E-state index in [2.05, 4.69) is 36.1 Å². The van der Waals surface area contributed by atoms with Crippen molar-refractivity contribution < 1.29 is 19.0 Å². The fourth-order valence-electron chi connectivity index (χ4n) is 3.85. The molecule has 1 amide bonds. The van der Waals surface area contributed by atoms with Gasteiger partial charge in [0.05, 0.1) is 33.2 Å². The zero-order valence-corrected chi connectivity index (χ0v) is 21.5. The number of nitrogens with zero attached hydrogens (tertiary/aromatic N) is 3. The molecule has 1 aliphatic rings. The highest BCUT2D eigenvalue weighted by atomic mass is 32.2. The molecule has 0 spiro atoms. The van der Waals surface area contributed by atoms with Gasteiger partial charge >= 0.3 is 0 Å². The van der Waals surface area contributed by atoms with Gasteiger partial charge < -0.3 is 14.2 Å². The first-order chi connectivity index (χ1) is 16.6. The fraction of sp³-hybridized carbons (Fsp3) is 0.440. The number of thiazole rings is 1. The number of aryl methyl sites for hydroxylation is 1. The Bertz CT molecular complexity index is 1060. The van der Waals surface area contributed by atoms with Crippen LogP contribution >= 0.6 is 23.1 Å². The number of fused-ring (bicyclic) bond motifs is 1. The number of carbonyl (C=O) groups is 1. The number of rotatable bonds is 10. The van der Waals surface area contributed by atoms with Crippen LogP contribution in [0.25, 0.3) is 10.2 Å². The molecule has 1 aromatic heterocycles. The topological polar surface area (TPSA) is 64.1 Å². The lowest BCUT2D eigenvalue weighted by molar-refractivity contribution is -0.116. The van der Waals surface area contributed by atoms with E-state index >= 15 is 0 Å². The van der Waals surface area contributed by atoms with E-state index in [0.717, 1.165) is 60.1 Å². The van der Waals surface area contributed by atoms with Gasteiger partial charge in [0.25, 0.3) is 0 Å². The summed E-state index contributed by atoms with van der Waals surface area (Å²) in [5.74, 6) is 1.80. The number of anilines is 1. The number of hydrogen-bond donors (Lipinski definition) is 0. The molecule has 1 aliphatic heterocycles. The molecule has 0 N–H and O–H groups in total. The van der Waals surface area contributed by atoms with Gasteiger partial charge in [-0.25, -0.2) is 4.98 Å². The number of thioether (sulfide) groups is 1. The molecule has 7 nitrogen and oxygen atoms in total. The maximum Gasteiger partial charge on any atom is 0.239 e. The largest absolute Gasteiger partial charge is 0.495 e. The highest BCUT2D eigenvalue weighted by Crippen LogP contribution is 2.40. The van der Waals surface area contributed by atoms with Crippen molar-refractivity contribution in [3.05, 3.63) is 42.0 Å². The predicted molar refractivity (Wildman–Crippen MR) is 139 cm³/mol. The summed E-state index contributed by atoms with van der Waals surface area (Å²) >= 11 is 3.02. The molecule has 34 heavy (non-hydrogen) atoms. The molecule has 0 radical (unpaired) electrons. The van der Waals surface area contributed by atoms with Crippen LogP contribution in [-0.4, -0.2) is 75.2 Å². The molecule has 9 heteroatoms. The van der Waals surface area contributed by atoms with Crippen LogP contribution in [0.3, 0.4) is 0 Å². The number of methoxy groups -OCH3 is 2. The molecule has 0 bridgehead atoms. The molecule has 1 saturated heterocycles. The Hall–Kier alpha value is -2.33. The van der Waals surface area contributed by atoms with Crippen LogP contribution in [0.2, 0.25) is 0 Å². The second-order valence-corrected chi connectivity index (χ2v) is 10.1. The van der Waals surface area contributed by atoms with Crippen molar-refractivity contribution in [2.75, 3.05) is 64.3 Å². The number of ether oxygens (including phenoxy) is 3. The van der Waals surface area contributed by atoms with Crippen molar-refractivity contribution in [1.82, 2.24) is 9.88 Å². The fourth-order valence-corrected chi connectivity index (χ4v) is 5.74. The van der Waals surface area contributed by atoms with Gasteiger partial charge in [-0.05, 0) is 37.6 Å². The van der Waals surface area contributed by atoms with E-state index in [-0.39, 0.29) is 5.91 Å². The molecular formula is C25H31N3O4S2. The molecule has 3 aromatic rings. The maximum absolute atomic E-state index is 13.4. The summed E-state index contributed by atoms with van der Waals surface area (Å²) < 4.78 is 17.4. The van der Waals surface area contributed by atoms with E-state index in [9.17, 15) is 4.79 Å². The van der Waals surface area contributed by atoms with Gasteiger partial charge in [0.2, 0.25) is 5.91 Å². The van der Waals surface area contributed by atoms with Gasteiger partial charge in [-0.3, -0.25) is 14.6 Å². The number of aromatic nitrogens is 1. The number of carbonyl (C=O) groups excluding carboxylic acids is 1. The van der Waals surface area contributed by atoms with Crippen LogP contribution in [0.15, 0.2) is 41.3 Å². The van der Waals surface area contributed by atoms with Crippen LogP contribution in [0.1, 0.15) is 12.0 Å². The highest BCUT2D eigenvalue weighted by Gasteiger charge is 2.23. The van der Waals surface area contributed by atoms with Crippen molar-refractivity contribution in [3.63, 3.8) is 0 Å². The first-order valence-corrected chi connectivity index (χ1v) is 13.2. The normalized spacial score (nSPS) is 14.3. The molecule has 0 unspecified atom stereocenters. The first kappa shape index (κ1) is 24.8. The predicted octanol–water partition coefficient (Wildman–Crippen LogP) is 4.47. The summed E-state index contributed by atoms with van der Waals surface area (Å²) in [4.78, 5) is 23.5. The Morgan fingerprint density at radius 3 is 2.53 bits per heavy atom. The number of amides is 1. The molecule has 4 rings (SSSR count). The average molecular weight is 502 g/mol. The third-order valence-electron chi connectivity index (χ3n) is 5.77. The van der Waals surface area contributed by atoms with Crippen molar-refractivity contribution in [2.24, 2.45) is 0 Å². The van der Waals surface area contributed by atoms with E-state index in [1.165, 1.54) is 16.9 Å². The summed E-state index contributed by atoms with van der Waals surface area (Å²) in [5.41, 5.74) is 1.93. The minimum atomic E-state index is 0.0459. The summed E-state index contributed by atoms with van der Waals surface area (Å²) in [7, 11) is 3.27. The molecule has 0 saturated carbocycles. The van der Waals surface area contributed by atoms with Gasteiger partial charge in [0.15, 0.2) is 5.13 Å². The number of hydrogen-bond acceptors (Lipinski definition) is 8. The van der Waals surface area contributed by atoms with E-state index < -0.39 is 0 Å². The third kappa shape index (κ3) is 6.02. The Labute approximate surface area is 209 Å². The van der Waals surface area contributed by atoms with Gasteiger partial charge in [0, 0.05) is 31.1 Å². The zero-order valence-electron chi connectivity index (χ0n) is 19.9. The van der Waals surface area contributed by atoms with Gasteiger partial charge in [-0.1, -0.05) is 29.0 Å². The zero-order chi connectivity index (χ0) is 23.9. The molecule has 0 aliphatic carbocycles. The lowest BCUT2D eigenvalue weighted by Crippen LogP contribution is -2.39. The summed E-state index contributed by atoms with van der Waals surface area (Å²) in [5, 5.41) is 0.675. The molecular weight excluding hydrogens is 470 g/mol. The average Bonchev–Trinajstić information content (AvgIpc) is 3.31. The smallest absolute Gasteiger partial charge is 0.239 e. The van der Waals surface area contributed by atoms with Crippen LogP contribution in [0.5, 0.6) is 11.5 Å². The minimum Gasteiger partial charge on any atom is -0.495 e. The van der Waals surface area contributed by atoms with Crippen LogP contribution in [-0.2, 0) is 9.53 Å². The van der Waals surface area contributed by atoms with E-state index in [4.69, 9.17) is 19.2 Å². The lowest BCUT2D eigenvalue weighted by Gasteiger charge is -2.27. The number of morpholine rings is 1.